The number of carbonyl (C=O) groups excluding carboxylic acids is 2. The van der Waals surface area contributed by atoms with Crippen LogP contribution in [0.15, 0.2) is 42.7 Å². The quantitative estimate of drug-likeness (QED) is 0.800. The minimum atomic E-state index is -0.139. The fourth-order valence-corrected chi connectivity index (χ4v) is 3.70. The lowest BCUT2D eigenvalue weighted by Crippen LogP contribution is -2.55. The number of rotatable bonds is 1. The van der Waals surface area contributed by atoms with Gasteiger partial charge in [-0.05, 0) is 41.8 Å². The van der Waals surface area contributed by atoms with E-state index in [2.05, 4.69) is 4.98 Å². The van der Waals surface area contributed by atoms with E-state index in [0.717, 1.165) is 12.0 Å². The lowest BCUT2D eigenvalue weighted by atomic mass is 9.90. The molecule has 5 nitrogen and oxygen atoms in total. The summed E-state index contributed by atoms with van der Waals surface area (Å²) in [6.45, 7) is 1.29. The lowest BCUT2D eigenvalue weighted by Gasteiger charge is -2.44. The molecule has 0 spiro atoms. The van der Waals surface area contributed by atoms with Crippen molar-refractivity contribution in [3.63, 3.8) is 0 Å². The second-order valence-corrected chi connectivity index (χ2v) is 6.55. The van der Waals surface area contributed by atoms with Gasteiger partial charge in [-0.1, -0.05) is 17.7 Å². The van der Waals surface area contributed by atoms with Crippen LogP contribution in [-0.2, 0) is 11.2 Å². The van der Waals surface area contributed by atoms with Crippen LogP contribution in [0.25, 0.3) is 0 Å². The van der Waals surface area contributed by atoms with Gasteiger partial charge in [0.2, 0.25) is 5.91 Å². The zero-order chi connectivity index (χ0) is 16.7. The molecule has 24 heavy (non-hydrogen) atoms. The van der Waals surface area contributed by atoms with Gasteiger partial charge in [0.25, 0.3) is 5.91 Å². The van der Waals surface area contributed by atoms with Gasteiger partial charge in [-0.15, -0.1) is 0 Å². The molecular weight excluding hydrogens is 326 g/mol. The van der Waals surface area contributed by atoms with Gasteiger partial charge in [0.15, 0.2) is 0 Å². The van der Waals surface area contributed by atoms with Gasteiger partial charge in [0.05, 0.1) is 6.04 Å². The van der Waals surface area contributed by atoms with Gasteiger partial charge in [0.1, 0.15) is 6.54 Å². The fourth-order valence-electron chi connectivity index (χ4n) is 3.52. The predicted octanol–water partition coefficient (Wildman–Crippen LogP) is 2.32. The number of fused-ring (bicyclic) bond motifs is 3. The first-order valence-corrected chi connectivity index (χ1v) is 8.28. The molecule has 1 aromatic carbocycles. The normalized spacial score (nSPS) is 19.7. The van der Waals surface area contributed by atoms with Crippen LogP contribution in [0, 0.1) is 0 Å². The number of carbonyl (C=O) groups is 2. The van der Waals surface area contributed by atoms with Crippen LogP contribution >= 0.6 is 11.6 Å². The van der Waals surface area contributed by atoms with E-state index in [1.54, 1.807) is 29.4 Å². The highest BCUT2D eigenvalue weighted by molar-refractivity contribution is 6.30. The van der Waals surface area contributed by atoms with Gasteiger partial charge < -0.3 is 9.80 Å². The standard InChI is InChI=1S/C18H16ClN3O2/c19-14-2-1-12-5-8-22-16(15(12)9-14)10-21(11-17(22)23)18(24)13-3-6-20-7-4-13/h1-4,6-7,9,16H,5,8,10-11H2. The molecule has 1 unspecified atom stereocenters. The van der Waals surface area contributed by atoms with E-state index >= 15 is 0 Å². The van der Waals surface area contributed by atoms with Crippen LogP contribution in [-0.4, -0.2) is 46.2 Å². The molecule has 4 rings (SSSR count). The van der Waals surface area contributed by atoms with Crippen LogP contribution in [0.1, 0.15) is 27.5 Å². The van der Waals surface area contributed by atoms with Crippen molar-refractivity contribution in [1.82, 2.24) is 14.8 Å². The van der Waals surface area contributed by atoms with Crippen LogP contribution in [0.5, 0.6) is 0 Å². The summed E-state index contributed by atoms with van der Waals surface area (Å²) in [5, 5.41) is 0.653. The SMILES string of the molecule is O=C(c1ccncc1)N1CC(=O)N2CCc3ccc(Cl)cc3C2C1. The van der Waals surface area contributed by atoms with Crippen molar-refractivity contribution in [2.24, 2.45) is 0 Å². The van der Waals surface area contributed by atoms with E-state index in [9.17, 15) is 9.59 Å². The summed E-state index contributed by atoms with van der Waals surface area (Å²) in [4.78, 5) is 32.7. The second-order valence-electron chi connectivity index (χ2n) is 6.12. The van der Waals surface area contributed by atoms with E-state index in [-0.39, 0.29) is 24.4 Å². The molecule has 3 heterocycles. The molecule has 0 bridgehead atoms. The van der Waals surface area contributed by atoms with Crippen LogP contribution in [0.4, 0.5) is 0 Å². The van der Waals surface area contributed by atoms with Gasteiger partial charge in [-0.25, -0.2) is 0 Å². The minimum absolute atomic E-state index is 0.0146. The molecule has 0 radical (unpaired) electrons. The number of piperazine rings is 1. The molecule has 2 aromatic rings. The highest BCUT2D eigenvalue weighted by Gasteiger charge is 2.38. The smallest absolute Gasteiger partial charge is 0.254 e. The maximum atomic E-state index is 12.7. The summed E-state index contributed by atoms with van der Waals surface area (Å²) >= 11 is 6.15. The van der Waals surface area contributed by atoms with E-state index in [4.69, 9.17) is 11.6 Å². The minimum Gasteiger partial charge on any atom is -0.332 e. The number of hydrogen-bond donors (Lipinski definition) is 0. The molecular formula is C18H16ClN3O2. The Morgan fingerprint density at radius 3 is 2.79 bits per heavy atom. The average molecular weight is 342 g/mol. The van der Waals surface area contributed by atoms with Crippen molar-refractivity contribution in [1.29, 1.82) is 0 Å². The summed E-state index contributed by atoms with van der Waals surface area (Å²) in [6.07, 6.45) is 4.00. The summed E-state index contributed by atoms with van der Waals surface area (Å²) in [6, 6.07) is 9.03. The van der Waals surface area contributed by atoms with Gasteiger partial charge in [-0.3, -0.25) is 14.6 Å². The first-order valence-electron chi connectivity index (χ1n) is 7.90. The number of pyridine rings is 1. The molecule has 2 aliphatic rings. The van der Waals surface area contributed by atoms with Crippen molar-refractivity contribution >= 4 is 23.4 Å². The molecule has 1 atom stereocenters. The van der Waals surface area contributed by atoms with Crippen LogP contribution in [0.2, 0.25) is 5.02 Å². The predicted molar refractivity (Wildman–Crippen MR) is 89.8 cm³/mol. The largest absolute Gasteiger partial charge is 0.332 e. The number of nitrogens with zero attached hydrogens (tertiary/aromatic N) is 3. The number of aromatic nitrogens is 1. The molecule has 2 amide bonds. The van der Waals surface area contributed by atoms with Crippen molar-refractivity contribution in [3.8, 4) is 0 Å². The molecule has 122 valence electrons. The molecule has 0 aliphatic carbocycles. The summed E-state index contributed by atoms with van der Waals surface area (Å²) < 4.78 is 0. The third-order valence-electron chi connectivity index (χ3n) is 4.72. The summed E-state index contributed by atoms with van der Waals surface area (Å²) in [7, 11) is 0. The van der Waals surface area contributed by atoms with Crippen molar-refractivity contribution in [2.45, 2.75) is 12.5 Å². The van der Waals surface area contributed by atoms with E-state index in [1.807, 2.05) is 23.1 Å². The number of halogens is 1. The average Bonchev–Trinajstić information content (AvgIpc) is 2.61. The Labute approximate surface area is 144 Å². The van der Waals surface area contributed by atoms with E-state index < -0.39 is 0 Å². The Morgan fingerprint density at radius 1 is 1.21 bits per heavy atom. The lowest BCUT2D eigenvalue weighted by molar-refractivity contribution is -0.139. The summed E-state index contributed by atoms with van der Waals surface area (Å²) in [5.41, 5.74) is 2.80. The Morgan fingerprint density at radius 2 is 2.00 bits per heavy atom. The zero-order valence-corrected chi connectivity index (χ0v) is 13.7. The maximum absolute atomic E-state index is 12.7. The zero-order valence-electron chi connectivity index (χ0n) is 13.0. The van der Waals surface area contributed by atoms with Crippen molar-refractivity contribution in [3.05, 3.63) is 64.4 Å². The Balaban J connectivity index is 1.66. The Hall–Kier alpha value is -2.40. The topological polar surface area (TPSA) is 53.5 Å². The third-order valence-corrected chi connectivity index (χ3v) is 4.95. The third kappa shape index (κ3) is 2.55. The van der Waals surface area contributed by atoms with Gasteiger partial charge in [0, 0.05) is 36.1 Å². The molecule has 1 fully saturated rings. The number of benzene rings is 1. The first kappa shape index (κ1) is 15.1. The molecule has 0 saturated carbocycles. The van der Waals surface area contributed by atoms with E-state index in [1.165, 1.54) is 5.56 Å². The molecule has 2 aliphatic heterocycles. The monoisotopic (exact) mass is 341 g/mol. The maximum Gasteiger partial charge on any atom is 0.254 e. The fraction of sp³-hybridized carbons (Fsp3) is 0.278. The van der Waals surface area contributed by atoms with Gasteiger partial charge >= 0.3 is 0 Å². The molecule has 1 saturated heterocycles. The van der Waals surface area contributed by atoms with Crippen LogP contribution < -0.4 is 0 Å². The van der Waals surface area contributed by atoms with Crippen LogP contribution in [0.3, 0.4) is 0 Å². The Kier molecular flexibility index (Phi) is 3.73. The molecule has 6 heteroatoms. The highest BCUT2D eigenvalue weighted by Crippen LogP contribution is 2.34. The molecule has 0 N–H and O–H groups in total. The molecule has 1 aromatic heterocycles. The van der Waals surface area contributed by atoms with Crippen molar-refractivity contribution in [2.75, 3.05) is 19.6 Å². The number of amides is 2. The van der Waals surface area contributed by atoms with Crippen molar-refractivity contribution < 1.29 is 9.59 Å². The van der Waals surface area contributed by atoms with Gasteiger partial charge in [-0.2, -0.15) is 0 Å². The number of hydrogen-bond acceptors (Lipinski definition) is 3. The Bertz CT molecular complexity index is 809. The first-order chi connectivity index (χ1) is 11.6. The highest BCUT2D eigenvalue weighted by atomic mass is 35.5. The summed E-state index contributed by atoms with van der Waals surface area (Å²) in [5.74, 6) is -0.154. The second kappa shape index (κ2) is 5.91. The van der Waals surface area contributed by atoms with E-state index in [0.29, 0.717) is 23.7 Å².